The molecule has 1 spiro atoms. The summed E-state index contributed by atoms with van der Waals surface area (Å²) in [5.41, 5.74) is 8.80. The summed E-state index contributed by atoms with van der Waals surface area (Å²) >= 11 is 0. The fraction of sp³-hybridized carbons (Fsp3) is 0.438. The van der Waals surface area contributed by atoms with Crippen LogP contribution in [0.2, 0.25) is 0 Å². The average Bonchev–Trinajstić information content (AvgIpc) is 2.76. The van der Waals surface area contributed by atoms with Crippen molar-refractivity contribution in [3.63, 3.8) is 0 Å². The summed E-state index contributed by atoms with van der Waals surface area (Å²) in [5, 5.41) is 3.44. The molecule has 2 aliphatic rings. The normalized spacial score (nSPS) is 19.9. The summed E-state index contributed by atoms with van der Waals surface area (Å²) in [6.07, 6.45) is 3.55. The second-order valence-corrected chi connectivity index (χ2v) is 5.24. The van der Waals surface area contributed by atoms with Crippen molar-refractivity contribution in [2.45, 2.75) is 24.7 Å². The molecule has 1 aliphatic heterocycles. The van der Waals surface area contributed by atoms with E-state index < -0.39 is 0 Å². The summed E-state index contributed by atoms with van der Waals surface area (Å²) in [7, 11) is 3.53. The number of methoxy groups -OCH3 is 1. The minimum Gasteiger partial charge on any atom is -0.495 e. The maximum atomic E-state index is 5.49. The number of aliphatic imine (C=N–C) groups is 1. The van der Waals surface area contributed by atoms with Crippen LogP contribution in [0.4, 0.5) is 5.69 Å². The molecular weight excluding hydrogens is 250 g/mol. The van der Waals surface area contributed by atoms with Crippen LogP contribution in [0.3, 0.4) is 0 Å². The second-order valence-electron chi connectivity index (χ2n) is 5.24. The first-order valence-corrected chi connectivity index (χ1v) is 6.91. The van der Waals surface area contributed by atoms with Gasteiger partial charge in [-0.15, -0.1) is 0 Å². The van der Waals surface area contributed by atoms with Gasteiger partial charge >= 0.3 is 0 Å². The van der Waals surface area contributed by atoms with Crippen molar-refractivity contribution in [1.82, 2.24) is 0 Å². The number of anilines is 1. The summed E-state index contributed by atoms with van der Waals surface area (Å²) in [6.45, 7) is 0.347. The van der Waals surface area contributed by atoms with Crippen LogP contribution in [0.15, 0.2) is 17.1 Å². The number of ether oxygens (including phenoxy) is 1. The highest BCUT2D eigenvalue weighted by atomic mass is 16.5. The Kier molecular flexibility index (Phi) is 3.15. The van der Waals surface area contributed by atoms with E-state index in [2.05, 4.69) is 34.3 Å². The number of fused-ring (bicyclic) bond motifs is 2. The molecule has 1 aliphatic carbocycles. The zero-order valence-corrected chi connectivity index (χ0v) is 11.9. The lowest BCUT2D eigenvalue weighted by Gasteiger charge is -2.38. The molecule has 1 aromatic carbocycles. The smallest absolute Gasteiger partial charge is 0.134 e. The summed E-state index contributed by atoms with van der Waals surface area (Å²) in [6, 6.07) is 4.16. The van der Waals surface area contributed by atoms with E-state index in [4.69, 9.17) is 10.5 Å². The molecule has 4 heteroatoms. The minimum atomic E-state index is 0.0805. The van der Waals surface area contributed by atoms with Crippen molar-refractivity contribution in [2.75, 3.05) is 26.0 Å². The Morgan fingerprint density at radius 3 is 2.80 bits per heavy atom. The molecule has 3 rings (SSSR count). The van der Waals surface area contributed by atoms with Crippen LogP contribution in [0.5, 0.6) is 5.75 Å². The van der Waals surface area contributed by atoms with Crippen molar-refractivity contribution in [3.05, 3.63) is 23.3 Å². The van der Waals surface area contributed by atoms with Crippen LogP contribution in [0.1, 0.15) is 30.4 Å². The summed E-state index contributed by atoms with van der Waals surface area (Å²) < 4.78 is 5.49. The van der Waals surface area contributed by atoms with Gasteiger partial charge in [-0.25, -0.2) is 0 Å². The van der Waals surface area contributed by atoms with Crippen LogP contribution in [-0.4, -0.2) is 26.5 Å². The first kappa shape index (κ1) is 13.0. The maximum Gasteiger partial charge on any atom is 0.134 e. The average molecular weight is 269 g/mol. The SMILES string of the molecule is CN=C1Nc2cc(C#CCN)c(OC)cc2C12CCC2. The molecule has 1 fully saturated rings. The van der Waals surface area contributed by atoms with Gasteiger partial charge in [0.2, 0.25) is 0 Å². The van der Waals surface area contributed by atoms with Crippen LogP contribution in [0.25, 0.3) is 0 Å². The predicted octanol–water partition coefficient (Wildman–Crippen LogP) is 1.88. The van der Waals surface area contributed by atoms with Gasteiger partial charge in [0.25, 0.3) is 0 Å². The van der Waals surface area contributed by atoms with Crippen LogP contribution in [0, 0.1) is 11.8 Å². The zero-order valence-electron chi connectivity index (χ0n) is 11.9. The molecular formula is C16H19N3O. The highest BCUT2D eigenvalue weighted by Crippen LogP contribution is 2.52. The van der Waals surface area contributed by atoms with Gasteiger partial charge < -0.3 is 15.8 Å². The van der Waals surface area contributed by atoms with Gasteiger partial charge in [-0.05, 0) is 30.5 Å². The third-order valence-corrected chi connectivity index (χ3v) is 4.32. The monoisotopic (exact) mass is 269 g/mol. The highest BCUT2D eigenvalue weighted by molar-refractivity contribution is 6.10. The molecule has 104 valence electrons. The van der Waals surface area contributed by atoms with E-state index in [1.165, 1.54) is 12.0 Å². The van der Waals surface area contributed by atoms with Crippen LogP contribution in [-0.2, 0) is 5.41 Å². The number of hydrogen-bond donors (Lipinski definition) is 2. The predicted molar refractivity (Wildman–Crippen MR) is 81.4 cm³/mol. The van der Waals surface area contributed by atoms with Crippen molar-refractivity contribution >= 4 is 11.5 Å². The Balaban J connectivity index is 2.13. The number of rotatable bonds is 1. The molecule has 0 atom stereocenters. The standard InChI is InChI=1S/C16H19N3O/c1-18-15-16(6-4-7-16)12-10-14(20-2)11(5-3-8-17)9-13(12)19-15/h9-10H,4,6-8,17H2,1-2H3,(H,18,19). The molecule has 1 aromatic rings. The van der Waals surface area contributed by atoms with E-state index in [1.54, 1.807) is 7.11 Å². The van der Waals surface area contributed by atoms with Crippen molar-refractivity contribution in [1.29, 1.82) is 0 Å². The molecule has 0 bridgehead atoms. The Labute approximate surface area is 119 Å². The third-order valence-electron chi connectivity index (χ3n) is 4.32. The number of nitrogens with two attached hydrogens (primary N) is 1. The number of benzene rings is 1. The first-order valence-electron chi connectivity index (χ1n) is 6.91. The molecule has 20 heavy (non-hydrogen) atoms. The lowest BCUT2D eigenvalue weighted by atomic mass is 9.65. The number of nitrogens with zero attached hydrogens (tertiary/aromatic N) is 1. The Hall–Kier alpha value is -1.99. The zero-order chi connectivity index (χ0) is 14.2. The van der Waals surface area contributed by atoms with E-state index in [-0.39, 0.29) is 5.41 Å². The van der Waals surface area contributed by atoms with Gasteiger partial charge in [-0.3, -0.25) is 4.99 Å². The fourth-order valence-electron chi connectivity index (χ4n) is 3.17. The molecule has 0 unspecified atom stereocenters. The summed E-state index contributed by atoms with van der Waals surface area (Å²) in [4.78, 5) is 4.43. The lowest BCUT2D eigenvalue weighted by Crippen LogP contribution is -2.41. The molecule has 3 N–H and O–H groups in total. The molecule has 0 aromatic heterocycles. The second kappa shape index (κ2) is 4.84. The van der Waals surface area contributed by atoms with E-state index in [1.807, 2.05) is 7.05 Å². The first-order chi connectivity index (χ1) is 9.75. The molecule has 0 saturated heterocycles. The molecule has 1 heterocycles. The van der Waals surface area contributed by atoms with E-state index in [0.29, 0.717) is 6.54 Å². The van der Waals surface area contributed by atoms with Crippen molar-refractivity contribution in [3.8, 4) is 17.6 Å². The van der Waals surface area contributed by atoms with Crippen molar-refractivity contribution in [2.24, 2.45) is 10.7 Å². The van der Waals surface area contributed by atoms with Crippen molar-refractivity contribution < 1.29 is 4.74 Å². The highest BCUT2D eigenvalue weighted by Gasteiger charge is 2.49. The van der Waals surface area contributed by atoms with Crippen LogP contribution < -0.4 is 15.8 Å². The number of nitrogens with one attached hydrogen (secondary N) is 1. The topological polar surface area (TPSA) is 59.6 Å². The molecule has 4 nitrogen and oxygen atoms in total. The Morgan fingerprint density at radius 1 is 1.45 bits per heavy atom. The van der Waals surface area contributed by atoms with E-state index in [9.17, 15) is 0 Å². The van der Waals surface area contributed by atoms with Gasteiger partial charge in [-0.2, -0.15) is 0 Å². The van der Waals surface area contributed by atoms with Crippen LogP contribution >= 0.6 is 0 Å². The van der Waals surface area contributed by atoms with Gasteiger partial charge in [0.05, 0.1) is 24.6 Å². The largest absolute Gasteiger partial charge is 0.495 e. The van der Waals surface area contributed by atoms with Gasteiger partial charge in [0.15, 0.2) is 0 Å². The number of amidine groups is 1. The lowest BCUT2D eigenvalue weighted by molar-refractivity contribution is 0.344. The molecule has 0 radical (unpaired) electrons. The molecule has 0 amide bonds. The quantitative estimate of drug-likeness (QED) is 0.765. The number of hydrogen-bond acceptors (Lipinski definition) is 3. The van der Waals surface area contributed by atoms with Gasteiger partial charge in [-0.1, -0.05) is 18.3 Å². The minimum absolute atomic E-state index is 0.0805. The van der Waals surface area contributed by atoms with E-state index >= 15 is 0 Å². The Morgan fingerprint density at radius 2 is 2.25 bits per heavy atom. The van der Waals surface area contributed by atoms with E-state index in [0.717, 1.165) is 35.7 Å². The maximum absolute atomic E-state index is 5.49. The molecule has 1 saturated carbocycles. The summed E-state index contributed by atoms with van der Waals surface area (Å²) in [5.74, 6) is 7.84. The van der Waals surface area contributed by atoms with Gasteiger partial charge in [0.1, 0.15) is 11.6 Å². The third kappa shape index (κ3) is 1.70. The van der Waals surface area contributed by atoms with Gasteiger partial charge in [0, 0.05) is 12.7 Å². The fourth-order valence-corrected chi connectivity index (χ4v) is 3.17. The Bertz CT molecular complexity index is 633.